The Hall–Kier alpha value is -0.920. The van der Waals surface area contributed by atoms with Gasteiger partial charge in [0.1, 0.15) is 5.75 Å². The number of nitrogens with two attached hydrogens (primary N) is 1. The maximum Gasteiger partial charge on any atom is 0.267 e. The third-order valence-electron chi connectivity index (χ3n) is 0.783. The van der Waals surface area contributed by atoms with Gasteiger partial charge in [0.2, 0.25) is 5.91 Å². The van der Waals surface area contributed by atoms with Crippen LogP contribution in [0.4, 0.5) is 0 Å². The molecular weight excluding hydrogens is 210 g/mol. The second kappa shape index (κ2) is 7.48. The summed E-state index contributed by atoms with van der Waals surface area (Å²) >= 11 is 0. The van der Waals surface area contributed by atoms with Crippen molar-refractivity contribution in [1.29, 1.82) is 0 Å². The first-order chi connectivity index (χ1) is 6.19. The summed E-state index contributed by atoms with van der Waals surface area (Å²) in [5.74, 6) is -0.981. The molecule has 0 aromatic rings. The fourth-order valence-electron chi connectivity index (χ4n) is 0.469. The molecular formula is C7H15NO5S. The molecule has 0 saturated heterocycles. The highest BCUT2D eigenvalue weighted by molar-refractivity contribution is 7.85. The highest BCUT2D eigenvalue weighted by Gasteiger charge is 2.07. The summed E-state index contributed by atoms with van der Waals surface area (Å²) in [5, 5.41) is 8.35. The van der Waals surface area contributed by atoms with Crippen molar-refractivity contribution in [3.8, 4) is 0 Å². The predicted molar refractivity (Wildman–Crippen MR) is 52.1 cm³/mol. The summed E-state index contributed by atoms with van der Waals surface area (Å²) in [6, 6.07) is 0. The molecule has 0 rings (SSSR count). The zero-order valence-corrected chi connectivity index (χ0v) is 8.86. The van der Waals surface area contributed by atoms with Crippen LogP contribution in [0.2, 0.25) is 0 Å². The summed E-state index contributed by atoms with van der Waals surface area (Å²) in [7, 11) is -3.97. The maximum absolute atomic E-state index is 9.84. The van der Waals surface area contributed by atoms with Crippen LogP contribution >= 0.6 is 0 Å². The fourth-order valence-corrected chi connectivity index (χ4v) is 1.08. The Kier molecular flexibility index (Phi) is 8.31. The van der Waals surface area contributed by atoms with E-state index in [0.29, 0.717) is 0 Å². The largest absolute Gasteiger partial charge is 0.392 e. The molecule has 84 valence electrons. The first-order valence-corrected chi connectivity index (χ1v) is 5.35. The number of aliphatic hydroxyl groups is 1. The van der Waals surface area contributed by atoms with Gasteiger partial charge in [-0.2, -0.15) is 8.42 Å². The molecule has 1 atom stereocenters. The van der Waals surface area contributed by atoms with Crippen LogP contribution in [0, 0.1) is 0 Å². The van der Waals surface area contributed by atoms with Gasteiger partial charge in [-0.15, -0.1) is 0 Å². The minimum atomic E-state index is -3.97. The van der Waals surface area contributed by atoms with E-state index in [-0.39, 0.29) is 0 Å². The van der Waals surface area contributed by atoms with Crippen molar-refractivity contribution >= 4 is 16.0 Å². The van der Waals surface area contributed by atoms with Crippen LogP contribution in [0.5, 0.6) is 0 Å². The van der Waals surface area contributed by atoms with Gasteiger partial charge in [-0.05, 0) is 19.9 Å². The van der Waals surface area contributed by atoms with Crippen molar-refractivity contribution in [2.45, 2.75) is 20.0 Å². The molecule has 0 aromatic heterocycles. The smallest absolute Gasteiger partial charge is 0.267 e. The summed E-state index contributed by atoms with van der Waals surface area (Å²) in [5.41, 5.74) is 4.68. The molecule has 1 amide bonds. The number of carbonyl (C=O) groups excluding carboxylic acids is 1. The van der Waals surface area contributed by atoms with Gasteiger partial charge in [-0.3, -0.25) is 9.35 Å². The van der Waals surface area contributed by atoms with E-state index in [2.05, 4.69) is 5.73 Å². The second-order valence-electron chi connectivity index (χ2n) is 2.50. The van der Waals surface area contributed by atoms with Crippen molar-refractivity contribution in [2.75, 3.05) is 5.75 Å². The quantitative estimate of drug-likeness (QED) is 0.433. The number of aliphatic hydroxyl groups excluding tert-OH is 1. The number of allylic oxidation sites excluding steroid dienone is 1. The molecule has 14 heavy (non-hydrogen) atoms. The number of rotatable bonds is 3. The summed E-state index contributed by atoms with van der Waals surface area (Å²) in [6.45, 7) is 3.03. The zero-order chi connectivity index (χ0) is 11.8. The highest BCUT2D eigenvalue weighted by atomic mass is 32.2. The molecule has 1 unspecified atom stereocenters. The first kappa shape index (κ1) is 15.5. The van der Waals surface area contributed by atoms with Gasteiger partial charge in [-0.1, -0.05) is 6.08 Å². The van der Waals surface area contributed by atoms with Gasteiger partial charge in [0, 0.05) is 0 Å². The van der Waals surface area contributed by atoms with Gasteiger partial charge >= 0.3 is 0 Å². The molecule has 0 radical (unpaired) electrons. The number of primary amides is 1. The minimum Gasteiger partial charge on any atom is -0.392 e. The van der Waals surface area contributed by atoms with Crippen LogP contribution in [0.3, 0.4) is 0 Å². The van der Waals surface area contributed by atoms with E-state index in [1.165, 1.54) is 13.0 Å². The molecule has 0 bridgehead atoms. The average molecular weight is 225 g/mol. The molecule has 0 fully saturated rings. The molecule has 7 heteroatoms. The Morgan fingerprint density at radius 3 is 2.00 bits per heavy atom. The van der Waals surface area contributed by atoms with Crippen molar-refractivity contribution in [3.63, 3.8) is 0 Å². The van der Waals surface area contributed by atoms with Crippen molar-refractivity contribution < 1.29 is 22.9 Å². The van der Waals surface area contributed by atoms with Crippen molar-refractivity contribution in [1.82, 2.24) is 0 Å². The molecule has 0 aliphatic heterocycles. The lowest BCUT2D eigenvalue weighted by molar-refractivity contribution is -0.113. The van der Waals surface area contributed by atoms with Crippen LogP contribution in [0.25, 0.3) is 0 Å². The van der Waals surface area contributed by atoms with Crippen LogP contribution in [0.15, 0.2) is 12.2 Å². The van der Waals surface area contributed by atoms with E-state index < -0.39 is 27.9 Å². The predicted octanol–water partition coefficient (Wildman–Crippen LogP) is -0.697. The van der Waals surface area contributed by atoms with Gasteiger partial charge in [-0.25, -0.2) is 0 Å². The van der Waals surface area contributed by atoms with E-state index in [0.717, 1.165) is 0 Å². The molecule has 0 aliphatic rings. The molecule has 0 aliphatic carbocycles. The van der Waals surface area contributed by atoms with Gasteiger partial charge in [0.25, 0.3) is 10.1 Å². The Morgan fingerprint density at radius 2 is 2.00 bits per heavy atom. The molecule has 6 nitrogen and oxygen atoms in total. The van der Waals surface area contributed by atoms with Crippen LogP contribution < -0.4 is 5.73 Å². The highest BCUT2D eigenvalue weighted by Crippen LogP contribution is 1.86. The van der Waals surface area contributed by atoms with E-state index >= 15 is 0 Å². The van der Waals surface area contributed by atoms with Crippen molar-refractivity contribution in [2.24, 2.45) is 5.73 Å². The molecule has 0 saturated carbocycles. The average Bonchev–Trinajstić information content (AvgIpc) is 1.80. The zero-order valence-electron chi connectivity index (χ0n) is 8.04. The van der Waals surface area contributed by atoms with Crippen LogP contribution in [-0.4, -0.2) is 35.8 Å². The second-order valence-corrected chi connectivity index (χ2v) is 4.00. The SMILES string of the molecule is CC(O)CS(=O)(=O)O.CC=CC(N)=O. The van der Waals surface area contributed by atoms with Crippen molar-refractivity contribution in [3.05, 3.63) is 12.2 Å². The first-order valence-electron chi connectivity index (χ1n) is 3.74. The fraction of sp³-hybridized carbons (Fsp3) is 0.571. The molecule has 0 aromatic carbocycles. The number of hydrogen-bond donors (Lipinski definition) is 3. The lowest BCUT2D eigenvalue weighted by atomic mass is 10.5. The van der Waals surface area contributed by atoms with E-state index in [1.54, 1.807) is 13.0 Å². The summed E-state index contributed by atoms with van der Waals surface area (Å²) < 4.78 is 27.7. The van der Waals surface area contributed by atoms with Gasteiger partial charge in [0.05, 0.1) is 6.10 Å². The third-order valence-corrected chi connectivity index (χ3v) is 1.69. The van der Waals surface area contributed by atoms with E-state index in [4.69, 9.17) is 9.66 Å². The Labute approximate surface area is 83.2 Å². The molecule has 4 N–H and O–H groups in total. The Bertz CT molecular complexity index is 280. The molecule has 0 spiro atoms. The third kappa shape index (κ3) is 22.5. The number of amides is 1. The Morgan fingerprint density at radius 1 is 1.57 bits per heavy atom. The maximum atomic E-state index is 9.84. The summed E-state index contributed by atoms with van der Waals surface area (Å²) in [6.07, 6.45) is 1.91. The normalized spacial score (nSPS) is 13.1. The minimum absolute atomic E-state index is 0.391. The van der Waals surface area contributed by atoms with Gasteiger partial charge in [0.15, 0.2) is 0 Å². The standard InChI is InChI=1S/C4H7NO.C3H8O4S/c1-2-3-4(5)6;1-3(4)2-8(5,6)7/h2-3H,1H3,(H2,5,6);3-4H,2H2,1H3,(H,5,6,7). The monoisotopic (exact) mass is 225 g/mol. The summed E-state index contributed by atoms with van der Waals surface area (Å²) in [4.78, 5) is 9.73. The lowest BCUT2D eigenvalue weighted by Crippen LogP contribution is -2.16. The number of carbonyl (C=O) groups is 1. The van der Waals surface area contributed by atoms with E-state index in [1.807, 2.05) is 0 Å². The molecule has 0 heterocycles. The lowest BCUT2D eigenvalue weighted by Gasteiger charge is -1.97. The number of hydrogen-bond acceptors (Lipinski definition) is 4. The topological polar surface area (TPSA) is 118 Å². The Balaban J connectivity index is 0. The van der Waals surface area contributed by atoms with E-state index in [9.17, 15) is 13.2 Å². The van der Waals surface area contributed by atoms with Crippen LogP contribution in [-0.2, 0) is 14.9 Å². The van der Waals surface area contributed by atoms with Gasteiger partial charge < -0.3 is 10.8 Å². The van der Waals surface area contributed by atoms with Crippen LogP contribution in [0.1, 0.15) is 13.8 Å².